The van der Waals surface area contributed by atoms with Gasteiger partial charge in [-0.1, -0.05) is 18.5 Å². The summed E-state index contributed by atoms with van der Waals surface area (Å²) in [5, 5.41) is 9.31. The van der Waals surface area contributed by atoms with Crippen LogP contribution in [0.1, 0.15) is 6.92 Å². The number of hydrogen-bond acceptors (Lipinski definition) is 3. The number of halogens is 1. The van der Waals surface area contributed by atoms with Gasteiger partial charge >= 0.3 is 0 Å². The summed E-state index contributed by atoms with van der Waals surface area (Å²) in [6.45, 7) is 1.56. The van der Waals surface area contributed by atoms with Crippen molar-refractivity contribution in [3.8, 4) is 0 Å². The minimum Gasteiger partial charge on any atom is -0.396 e. The second kappa shape index (κ2) is 4.96. The lowest BCUT2D eigenvalue weighted by atomic mass is 10.2. The van der Waals surface area contributed by atoms with Crippen LogP contribution in [0.2, 0.25) is 5.02 Å². The number of aliphatic hydroxyl groups is 1. The molecule has 0 spiro atoms. The molecule has 1 unspecified atom stereocenters. The quantitative estimate of drug-likeness (QED) is 0.883. The maximum atomic E-state index is 11.8. The van der Waals surface area contributed by atoms with Crippen molar-refractivity contribution >= 4 is 21.4 Å². The Bertz CT molecular complexity index is 411. The molecule has 1 aromatic carbocycles. The molecular weight excluding hydrogens is 236 g/mol. The Hall–Kier alpha value is -0.580. The Morgan fingerprint density at radius 3 is 2.33 bits per heavy atom. The molecule has 0 amide bonds. The van der Waals surface area contributed by atoms with Crippen molar-refractivity contribution < 1.29 is 13.5 Å². The zero-order valence-corrected chi connectivity index (χ0v) is 9.92. The molecule has 1 atom stereocenters. The van der Waals surface area contributed by atoms with Gasteiger partial charge in [-0.15, -0.1) is 0 Å². The Balaban J connectivity index is 2.91. The largest absolute Gasteiger partial charge is 0.396 e. The van der Waals surface area contributed by atoms with E-state index >= 15 is 0 Å². The molecular formula is C10H13ClO3S. The van der Waals surface area contributed by atoms with E-state index in [2.05, 4.69) is 0 Å². The molecule has 0 aliphatic heterocycles. The summed E-state index contributed by atoms with van der Waals surface area (Å²) >= 11 is 5.66. The van der Waals surface area contributed by atoms with Gasteiger partial charge in [0.1, 0.15) is 0 Å². The predicted molar refractivity (Wildman–Crippen MR) is 59.8 cm³/mol. The van der Waals surface area contributed by atoms with Crippen molar-refractivity contribution in [1.29, 1.82) is 0 Å². The lowest BCUT2D eigenvalue weighted by Gasteiger charge is -2.08. The summed E-state index contributed by atoms with van der Waals surface area (Å²) in [5.74, 6) is -0.309. The molecule has 0 bridgehead atoms. The van der Waals surface area contributed by atoms with Crippen LogP contribution < -0.4 is 0 Å². The Morgan fingerprint density at radius 1 is 1.33 bits per heavy atom. The van der Waals surface area contributed by atoms with Crippen LogP contribution in [-0.2, 0) is 9.84 Å². The van der Waals surface area contributed by atoms with Crippen LogP contribution in [0, 0.1) is 5.92 Å². The normalized spacial score (nSPS) is 13.8. The molecule has 3 nitrogen and oxygen atoms in total. The van der Waals surface area contributed by atoms with Crippen molar-refractivity contribution in [2.75, 3.05) is 12.4 Å². The molecule has 84 valence electrons. The number of sulfone groups is 1. The Morgan fingerprint density at radius 2 is 1.87 bits per heavy atom. The van der Waals surface area contributed by atoms with Gasteiger partial charge in [-0.05, 0) is 30.2 Å². The van der Waals surface area contributed by atoms with Gasteiger partial charge in [0.15, 0.2) is 9.84 Å². The fourth-order valence-corrected chi connectivity index (χ4v) is 2.89. The first-order valence-electron chi connectivity index (χ1n) is 4.55. The molecule has 0 fully saturated rings. The molecule has 1 rings (SSSR count). The molecule has 0 aliphatic carbocycles. The smallest absolute Gasteiger partial charge is 0.178 e. The first-order valence-corrected chi connectivity index (χ1v) is 6.58. The van der Waals surface area contributed by atoms with Crippen LogP contribution in [0.5, 0.6) is 0 Å². The van der Waals surface area contributed by atoms with Crippen LogP contribution in [0.3, 0.4) is 0 Å². The van der Waals surface area contributed by atoms with Gasteiger partial charge in [-0.25, -0.2) is 8.42 Å². The van der Waals surface area contributed by atoms with E-state index in [4.69, 9.17) is 16.7 Å². The number of rotatable bonds is 4. The molecule has 1 aromatic rings. The molecule has 0 radical (unpaired) electrons. The maximum absolute atomic E-state index is 11.8. The van der Waals surface area contributed by atoms with E-state index in [1.165, 1.54) is 24.3 Å². The standard InChI is InChI=1S/C10H13ClO3S/c1-8(6-12)7-15(13,14)10-4-2-9(11)3-5-10/h2-5,8,12H,6-7H2,1H3. The minimum atomic E-state index is -3.31. The first-order chi connectivity index (χ1) is 6.95. The third kappa shape index (κ3) is 3.48. The van der Waals surface area contributed by atoms with E-state index in [9.17, 15) is 8.42 Å². The molecule has 1 N–H and O–H groups in total. The second-order valence-corrected chi connectivity index (χ2v) is 5.99. The average molecular weight is 249 g/mol. The predicted octanol–water partition coefficient (Wildman–Crippen LogP) is 1.74. The van der Waals surface area contributed by atoms with Crippen LogP contribution in [-0.4, -0.2) is 25.9 Å². The van der Waals surface area contributed by atoms with E-state index in [1.54, 1.807) is 6.92 Å². The second-order valence-electron chi connectivity index (χ2n) is 3.52. The zero-order chi connectivity index (χ0) is 11.5. The molecule has 15 heavy (non-hydrogen) atoms. The maximum Gasteiger partial charge on any atom is 0.178 e. The van der Waals surface area contributed by atoms with Crippen LogP contribution >= 0.6 is 11.6 Å². The van der Waals surface area contributed by atoms with E-state index in [0.717, 1.165) is 0 Å². The lowest BCUT2D eigenvalue weighted by molar-refractivity contribution is 0.249. The summed E-state index contributed by atoms with van der Waals surface area (Å²) in [6.07, 6.45) is 0. The highest BCUT2D eigenvalue weighted by Crippen LogP contribution is 2.17. The molecule has 0 aromatic heterocycles. The fourth-order valence-electron chi connectivity index (χ4n) is 1.17. The Labute approximate surface area is 94.6 Å². The van der Waals surface area contributed by atoms with Crippen LogP contribution in [0.4, 0.5) is 0 Å². The number of aliphatic hydroxyl groups excluding tert-OH is 1. The van der Waals surface area contributed by atoms with Crippen molar-refractivity contribution in [2.45, 2.75) is 11.8 Å². The zero-order valence-electron chi connectivity index (χ0n) is 8.35. The third-order valence-electron chi connectivity index (χ3n) is 1.99. The fraction of sp³-hybridized carbons (Fsp3) is 0.400. The molecule has 0 heterocycles. The average Bonchev–Trinajstić information content (AvgIpc) is 2.17. The van der Waals surface area contributed by atoms with E-state index in [-0.39, 0.29) is 23.2 Å². The highest BCUT2D eigenvalue weighted by atomic mass is 35.5. The molecule has 0 saturated carbocycles. The highest BCUT2D eigenvalue weighted by molar-refractivity contribution is 7.91. The molecule has 0 saturated heterocycles. The van der Waals surface area contributed by atoms with Crippen LogP contribution in [0.15, 0.2) is 29.2 Å². The van der Waals surface area contributed by atoms with E-state index < -0.39 is 9.84 Å². The topological polar surface area (TPSA) is 54.4 Å². The lowest BCUT2D eigenvalue weighted by Crippen LogP contribution is -2.16. The van der Waals surface area contributed by atoms with Gasteiger partial charge in [0.2, 0.25) is 0 Å². The number of benzene rings is 1. The van der Waals surface area contributed by atoms with Gasteiger partial charge in [-0.2, -0.15) is 0 Å². The Kier molecular flexibility index (Phi) is 4.13. The minimum absolute atomic E-state index is 0.0505. The third-order valence-corrected chi connectivity index (χ3v) is 4.24. The van der Waals surface area contributed by atoms with Crippen molar-refractivity contribution in [3.05, 3.63) is 29.3 Å². The van der Waals surface area contributed by atoms with Gasteiger partial charge in [0.25, 0.3) is 0 Å². The molecule has 0 aliphatic rings. The highest BCUT2D eigenvalue weighted by Gasteiger charge is 2.17. The summed E-state index contributed by atoms with van der Waals surface area (Å²) in [4.78, 5) is 0.243. The van der Waals surface area contributed by atoms with E-state index in [1.807, 2.05) is 0 Å². The van der Waals surface area contributed by atoms with E-state index in [0.29, 0.717) is 5.02 Å². The van der Waals surface area contributed by atoms with Gasteiger partial charge < -0.3 is 5.11 Å². The summed E-state index contributed by atoms with van der Waals surface area (Å²) in [5.41, 5.74) is 0. The van der Waals surface area contributed by atoms with Crippen molar-refractivity contribution in [1.82, 2.24) is 0 Å². The van der Waals surface area contributed by atoms with Gasteiger partial charge in [0, 0.05) is 11.6 Å². The number of hydrogen-bond donors (Lipinski definition) is 1. The van der Waals surface area contributed by atoms with Crippen molar-refractivity contribution in [2.24, 2.45) is 5.92 Å². The summed E-state index contributed by atoms with van der Waals surface area (Å²) < 4.78 is 23.5. The van der Waals surface area contributed by atoms with Gasteiger partial charge in [-0.3, -0.25) is 0 Å². The first kappa shape index (κ1) is 12.5. The monoisotopic (exact) mass is 248 g/mol. The van der Waals surface area contributed by atoms with Crippen molar-refractivity contribution in [3.63, 3.8) is 0 Å². The summed E-state index contributed by atoms with van der Waals surface area (Å²) in [7, 11) is -3.31. The molecule has 5 heteroatoms. The van der Waals surface area contributed by atoms with Crippen LogP contribution in [0.25, 0.3) is 0 Å². The SMILES string of the molecule is CC(CO)CS(=O)(=O)c1ccc(Cl)cc1. The summed E-state index contributed by atoms with van der Waals surface area (Å²) in [6, 6.07) is 6.03. The van der Waals surface area contributed by atoms with Gasteiger partial charge in [0.05, 0.1) is 10.6 Å².